The van der Waals surface area contributed by atoms with Gasteiger partial charge in [-0.3, -0.25) is 14.9 Å². The van der Waals surface area contributed by atoms with Crippen LogP contribution in [0, 0.1) is 17.0 Å². The van der Waals surface area contributed by atoms with Gasteiger partial charge in [0.05, 0.1) is 31.1 Å². The number of phenolic OH excluding ortho intramolecular Hbond substituents is 1. The largest absolute Gasteiger partial charge is 0.508 e. The highest BCUT2D eigenvalue weighted by molar-refractivity contribution is 5.94. The van der Waals surface area contributed by atoms with E-state index < -0.39 is 4.92 Å². The number of nitro benzene ring substituents is 1. The predicted octanol–water partition coefficient (Wildman–Crippen LogP) is 0.952. The summed E-state index contributed by atoms with van der Waals surface area (Å²) in [5.41, 5.74) is 1.90. The molecule has 0 aromatic heterocycles. The number of hydrogen-bond acceptors (Lipinski definition) is 5. The van der Waals surface area contributed by atoms with Crippen LogP contribution in [0.25, 0.3) is 0 Å². The highest BCUT2D eigenvalue weighted by atomic mass is 16.6. The summed E-state index contributed by atoms with van der Waals surface area (Å²) < 4.78 is 0. The Morgan fingerprint density at radius 2 is 1.89 bits per heavy atom. The molecule has 1 heterocycles. The molecule has 1 fully saturated rings. The maximum atomic E-state index is 12.4. The molecule has 1 saturated heterocycles. The van der Waals surface area contributed by atoms with Crippen molar-refractivity contribution in [2.45, 2.75) is 6.92 Å². The highest BCUT2D eigenvalue weighted by Gasteiger charge is 2.24. The van der Waals surface area contributed by atoms with Crippen molar-refractivity contribution in [1.29, 1.82) is 0 Å². The SMILES string of the molecule is Cc1cccc([N+](=O)[O-])c1NC(=O)C[NH+]1CCN(c2ccc(O)cc2)CC1. The van der Waals surface area contributed by atoms with Crippen molar-refractivity contribution in [2.24, 2.45) is 0 Å². The Labute approximate surface area is 157 Å². The number of carbonyl (C=O) groups excluding carboxylic acids is 1. The topological polar surface area (TPSA) is 100 Å². The van der Waals surface area contributed by atoms with Crippen molar-refractivity contribution in [1.82, 2.24) is 0 Å². The predicted molar refractivity (Wildman–Crippen MR) is 102 cm³/mol. The minimum atomic E-state index is -0.480. The number of piperazine rings is 1. The van der Waals surface area contributed by atoms with Crippen LogP contribution in [-0.2, 0) is 4.79 Å². The lowest BCUT2D eigenvalue weighted by atomic mass is 10.1. The second kappa shape index (κ2) is 8.05. The number of nitrogens with one attached hydrogen (secondary N) is 2. The molecule has 2 aromatic rings. The standard InChI is InChI=1S/C19H22N4O4/c1-14-3-2-4-17(23(26)27)19(14)20-18(25)13-21-9-11-22(12-10-21)15-5-7-16(24)8-6-15/h2-8,24H,9-13H2,1H3,(H,20,25)/p+1. The first-order valence-corrected chi connectivity index (χ1v) is 8.85. The molecule has 8 nitrogen and oxygen atoms in total. The number of amides is 1. The molecule has 8 heteroatoms. The molecule has 1 aliphatic heterocycles. The van der Waals surface area contributed by atoms with Crippen LogP contribution in [0.2, 0.25) is 0 Å². The smallest absolute Gasteiger partial charge is 0.293 e. The van der Waals surface area contributed by atoms with Crippen LogP contribution in [0.4, 0.5) is 17.1 Å². The molecule has 2 aromatic carbocycles. The van der Waals surface area contributed by atoms with Gasteiger partial charge in [0.1, 0.15) is 11.4 Å². The average molecular weight is 371 g/mol. The zero-order valence-electron chi connectivity index (χ0n) is 15.1. The number of phenols is 1. The second-order valence-electron chi connectivity index (χ2n) is 6.70. The number of quaternary nitrogens is 1. The fourth-order valence-corrected chi connectivity index (χ4v) is 3.30. The molecule has 0 unspecified atom stereocenters. The normalized spacial score (nSPS) is 14.8. The van der Waals surface area contributed by atoms with Crippen molar-refractivity contribution < 1.29 is 19.7 Å². The molecule has 0 radical (unpaired) electrons. The van der Waals surface area contributed by atoms with E-state index in [9.17, 15) is 20.0 Å². The van der Waals surface area contributed by atoms with Gasteiger partial charge in [0, 0.05) is 11.8 Å². The van der Waals surface area contributed by atoms with Gasteiger partial charge in [-0.15, -0.1) is 0 Å². The van der Waals surface area contributed by atoms with E-state index in [1.165, 1.54) is 6.07 Å². The summed E-state index contributed by atoms with van der Waals surface area (Å²) in [7, 11) is 0. The first-order chi connectivity index (χ1) is 12.9. The van der Waals surface area contributed by atoms with E-state index in [0.717, 1.165) is 36.8 Å². The fraction of sp³-hybridized carbons (Fsp3) is 0.316. The molecule has 142 valence electrons. The van der Waals surface area contributed by atoms with Gasteiger partial charge in [0.25, 0.3) is 11.6 Å². The Kier molecular flexibility index (Phi) is 5.56. The van der Waals surface area contributed by atoms with E-state index in [0.29, 0.717) is 5.56 Å². The summed E-state index contributed by atoms with van der Waals surface area (Å²) in [6.07, 6.45) is 0. The zero-order valence-corrected chi connectivity index (χ0v) is 15.1. The van der Waals surface area contributed by atoms with Crippen molar-refractivity contribution >= 4 is 23.0 Å². The third kappa shape index (κ3) is 4.53. The Morgan fingerprint density at radius 3 is 2.52 bits per heavy atom. The Hall–Kier alpha value is -3.13. The molecule has 3 N–H and O–H groups in total. The second-order valence-corrected chi connectivity index (χ2v) is 6.70. The summed E-state index contributed by atoms with van der Waals surface area (Å²) in [5, 5.41) is 23.3. The summed E-state index contributed by atoms with van der Waals surface area (Å²) in [5.74, 6) is 0.0189. The molecule has 0 atom stereocenters. The summed E-state index contributed by atoms with van der Waals surface area (Å²) in [6.45, 7) is 5.21. The number of rotatable bonds is 5. The van der Waals surface area contributed by atoms with Crippen LogP contribution in [0.5, 0.6) is 5.75 Å². The van der Waals surface area contributed by atoms with Crippen LogP contribution >= 0.6 is 0 Å². The minimum Gasteiger partial charge on any atom is -0.508 e. The van der Waals surface area contributed by atoms with E-state index in [-0.39, 0.29) is 29.6 Å². The van der Waals surface area contributed by atoms with E-state index in [1.54, 1.807) is 31.2 Å². The number of anilines is 2. The Morgan fingerprint density at radius 1 is 1.22 bits per heavy atom. The number of hydrogen-bond donors (Lipinski definition) is 3. The molecule has 0 saturated carbocycles. The van der Waals surface area contributed by atoms with E-state index in [1.807, 2.05) is 12.1 Å². The number of benzene rings is 2. The lowest BCUT2D eigenvalue weighted by molar-refractivity contribution is -0.892. The molecular formula is C19H23N4O4+. The summed E-state index contributed by atoms with van der Waals surface area (Å²) in [6, 6.07) is 11.8. The molecule has 0 spiro atoms. The van der Waals surface area contributed by atoms with E-state index in [2.05, 4.69) is 10.2 Å². The number of aromatic hydroxyl groups is 1. The fourth-order valence-electron chi connectivity index (χ4n) is 3.30. The van der Waals surface area contributed by atoms with Gasteiger partial charge in [0.2, 0.25) is 0 Å². The third-order valence-electron chi connectivity index (χ3n) is 4.81. The maximum absolute atomic E-state index is 12.4. The molecule has 0 bridgehead atoms. The molecule has 0 aliphatic carbocycles. The summed E-state index contributed by atoms with van der Waals surface area (Å²) in [4.78, 5) is 26.4. The monoisotopic (exact) mass is 371 g/mol. The lowest BCUT2D eigenvalue weighted by Crippen LogP contribution is -3.15. The Balaban J connectivity index is 1.56. The summed E-state index contributed by atoms with van der Waals surface area (Å²) >= 11 is 0. The quantitative estimate of drug-likeness (QED) is 0.537. The highest BCUT2D eigenvalue weighted by Crippen LogP contribution is 2.27. The van der Waals surface area contributed by atoms with Gasteiger partial charge < -0.3 is 20.2 Å². The first kappa shape index (κ1) is 18.7. The number of carbonyl (C=O) groups is 1. The van der Waals surface area contributed by atoms with Crippen LogP contribution in [0.3, 0.4) is 0 Å². The molecule has 27 heavy (non-hydrogen) atoms. The van der Waals surface area contributed by atoms with E-state index in [4.69, 9.17) is 0 Å². The van der Waals surface area contributed by atoms with Gasteiger partial charge >= 0.3 is 0 Å². The minimum absolute atomic E-state index is 0.0875. The van der Waals surface area contributed by atoms with Crippen LogP contribution in [0.15, 0.2) is 42.5 Å². The van der Waals surface area contributed by atoms with Crippen molar-refractivity contribution in [3.63, 3.8) is 0 Å². The first-order valence-electron chi connectivity index (χ1n) is 8.85. The molecular weight excluding hydrogens is 348 g/mol. The van der Waals surface area contributed by atoms with Crippen molar-refractivity contribution in [2.75, 3.05) is 42.9 Å². The van der Waals surface area contributed by atoms with Crippen LogP contribution in [-0.4, -0.2) is 48.7 Å². The van der Waals surface area contributed by atoms with Crippen molar-refractivity contribution in [3.8, 4) is 5.75 Å². The third-order valence-corrected chi connectivity index (χ3v) is 4.81. The van der Waals surface area contributed by atoms with Gasteiger partial charge in [0.15, 0.2) is 6.54 Å². The van der Waals surface area contributed by atoms with Gasteiger partial charge in [-0.05, 0) is 36.8 Å². The van der Waals surface area contributed by atoms with Crippen LogP contribution < -0.4 is 15.1 Å². The zero-order chi connectivity index (χ0) is 19.4. The molecule has 1 amide bonds. The van der Waals surface area contributed by atoms with Crippen LogP contribution in [0.1, 0.15) is 5.56 Å². The van der Waals surface area contributed by atoms with Gasteiger partial charge in [-0.25, -0.2) is 0 Å². The van der Waals surface area contributed by atoms with Gasteiger partial charge in [-0.1, -0.05) is 12.1 Å². The maximum Gasteiger partial charge on any atom is 0.293 e. The lowest BCUT2D eigenvalue weighted by Gasteiger charge is -2.33. The number of para-hydroxylation sites is 1. The Bertz CT molecular complexity index is 830. The average Bonchev–Trinajstić information content (AvgIpc) is 2.64. The number of aryl methyl sites for hydroxylation is 1. The van der Waals surface area contributed by atoms with Gasteiger partial charge in [-0.2, -0.15) is 0 Å². The molecule has 1 aliphatic rings. The number of nitro groups is 1. The van der Waals surface area contributed by atoms with Crippen molar-refractivity contribution in [3.05, 3.63) is 58.1 Å². The van der Waals surface area contributed by atoms with E-state index >= 15 is 0 Å². The molecule has 3 rings (SSSR count). The number of nitrogens with zero attached hydrogens (tertiary/aromatic N) is 2.